The van der Waals surface area contributed by atoms with Gasteiger partial charge < -0.3 is 5.32 Å². The van der Waals surface area contributed by atoms with E-state index in [4.69, 9.17) is 0 Å². The van der Waals surface area contributed by atoms with Crippen molar-refractivity contribution in [2.45, 2.75) is 20.3 Å². The van der Waals surface area contributed by atoms with Crippen molar-refractivity contribution in [2.75, 3.05) is 13.6 Å². The van der Waals surface area contributed by atoms with Gasteiger partial charge in [0.25, 0.3) is 0 Å². The zero-order chi connectivity index (χ0) is 13.8. The maximum absolute atomic E-state index is 3.90. The van der Waals surface area contributed by atoms with Gasteiger partial charge in [-0.2, -0.15) is 0 Å². The highest BCUT2D eigenvalue weighted by atomic mass is 14.8. The van der Waals surface area contributed by atoms with Crippen molar-refractivity contribution in [3.05, 3.63) is 66.5 Å². The number of rotatable bonds is 5. The molecule has 0 aliphatic heterocycles. The van der Waals surface area contributed by atoms with Crippen LogP contribution in [0.25, 0.3) is 0 Å². The van der Waals surface area contributed by atoms with E-state index < -0.39 is 0 Å². The summed E-state index contributed by atoms with van der Waals surface area (Å²) in [6, 6.07) is 3.95. The SMILES string of the molecule is C=C(C)/C=C\C(=C)CCNC.Cc1cccnc1. The van der Waals surface area contributed by atoms with E-state index in [1.54, 1.807) is 6.20 Å². The highest BCUT2D eigenvalue weighted by Crippen LogP contribution is 2.00. The number of nitrogens with zero attached hydrogens (tertiary/aromatic N) is 1. The monoisotopic (exact) mass is 244 g/mol. The van der Waals surface area contributed by atoms with Gasteiger partial charge in [-0.25, -0.2) is 0 Å². The summed E-state index contributed by atoms with van der Waals surface area (Å²) in [5.41, 5.74) is 3.42. The molecule has 1 N–H and O–H groups in total. The Morgan fingerprint density at radius 3 is 2.50 bits per heavy atom. The second-order valence-electron chi connectivity index (χ2n) is 4.22. The van der Waals surface area contributed by atoms with Crippen molar-refractivity contribution in [3.8, 4) is 0 Å². The minimum atomic E-state index is 0.985. The Hall–Kier alpha value is -1.67. The Morgan fingerprint density at radius 2 is 2.11 bits per heavy atom. The summed E-state index contributed by atoms with van der Waals surface area (Å²) < 4.78 is 0. The average Bonchev–Trinajstić information content (AvgIpc) is 2.35. The molecule has 0 unspecified atom stereocenters. The lowest BCUT2D eigenvalue weighted by Gasteiger charge is -1.97. The average molecular weight is 244 g/mol. The zero-order valence-corrected chi connectivity index (χ0v) is 11.7. The summed E-state index contributed by atoms with van der Waals surface area (Å²) in [6.07, 6.45) is 8.60. The van der Waals surface area contributed by atoms with Crippen LogP contribution in [0.4, 0.5) is 0 Å². The highest BCUT2D eigenvalue weighted by molar-refractivity contribution is 5.22. The van der Waals surface area contributed by atoms with Crippen molar-refractivity contribution in [1.29, 1.82) is 0 Å². The lowest BCUT2D eigenvalue weighted by Crippen LogP contribution is -2.07. The third-order valence-corrected chi connectivity index (χ3v) is 2.11. The van der Waals surface area contributed by atoms with Crippen LogP contribution < -0.4 is 5.32 Å². The minimum absolute atomic E-state index is 0.985. The molecule has 1 rings (SSSR count). The molecule has 1 heterocycles. The third-order valence-electron chi connectivity index (χ3n) is 2.11. The van der Waals surface area contributed by atoms with Gasteiger partial charge in [0.1, 0.15) is 0 Å². The van der Waals surface area contributed by atoms with Crippen LogP contribution in [0.3, 0.4) is 0 Å². The third kappa shape index (κ3) is 10.8. The van der Waals surface area contributed by atoms with Gasteiger partial charge in [0.05, 0.1) is 0 Å². The van der Waals surface area contributed by atoms with Gasteiger partial charge in [0.2, 0.25) is 0 Å². The van der Waals surface area contributed by atoms with E-state index in [0.717, 1.165) is 24.1 Å². The highest BCUT2D eigenvalue weighted by Gasteiger charge is 1.86. The fourth-order valence-electron chi connectivity index (χ4n) is 1.08. The Balaban J connectivity index is 0.000000351. The molecule has 0 bridgehead atoms. The van der Waals surface area contributed by atoms with E-state index in [1.807, 2.05) is 51.4 Å². The van der Waals surface area contributed by atoms with Gasteiger partial charge in [-0.3, -0.25) is 4.98 Å². The molecule has 1 aromatic heterocycles. The molecule has 0 aromatic carbocycles. The van der Waals surface area contributed by atoms with Gasteiger partial charge in [0, 0.05) is 12.4 Å². The summed E-state index contributed by atoms with van der Waals surface area (Å²) in [7, 11) is 1.94. The molecule has 2 heteroatoms. The van der Waals surface area contributed by atoms with E-state index >= 15 is 0 Å². The van der Waals surface area contributed by atoms with Crippen LogP contribution in [0, 0.1) is 6.92 Å². The standard InChI is InChI=1S/C10H17N.C6H7N/c1-9(2)5-6-10(3)7-8-11-4;1-6-3-2-4-7-5-6/h5-6,11H,1,3,7-8H2,2,4H3;2-5H,1H3/b6-5-;. The van der Waals surface area contributed by atoms with Gasteiger partial charge in [0.15, 0.2) is 0 Å². The van der Waals surface area contributed by atoms with Crippen LogP contribution in [0.5, 0.6) is 0 Å². The Kier molecular flexibility index (Phi) is 9.51. The van der Waals surface area contributed by atoms with Crippen LogP contribution in [0.2, 0.25) is 0 Å². The van der Waals surface area contributed by atoms with E-state index in [0.29, 0.717) is 0 Å². The Labute approximate surface area is 111 Å². The van der Waals surface area contributed by atoms with Crippen LogP contribution >= 0.6 is 0 Å². The number of allylic oxidation sites excluding steroid dienone is 3. The van der Waals surface area contributed by atoms with Crippen LogP contribution in [0.15, 0.2) is 61.0 Å². The van der Waals surface area contributed by atoms with Crippen LogP contribution in [-0.4, -0.2) is 18.6 Å². The number of pyridine rings is 1. The maximum Gasteiger partial charge on any atom is 0.0297 e. The number of hydrogen-bond donors (Lipinski definition) is 1. The molecular formula is C16H24N2. The first-order valence-electron chi connectivity index (χ1n) is 6.09. The first-order chi connectivity index (χ1) is 8.56. The summed E-state index contributed by atoms with van der Waals surface area (Å²) in [6.45, 7) is 12.6. The molecule has 0 fully saturated rings. The summed E-state index contributed by atoms with van der Waals surface area (Å²) in [5, 5.41) is 3.07. The molecule has 0 aliphatic carbocycles. The van der Waals surface area contributed by atoms with Crippen LogP contribution in [-0.2, 0) is 0 Å². The van der Waals surface area contributed by atoms with Gasteiger partial charge in [-0.15, -0.1) is 0 Å². The summed E-state index contributed by atoms with van der Waals surface area (Å²) >= 11 is 0. The predicted molar refractivity (Wildman–Crippen MR) is 80.6 cm³/mol. The van der Waals surface area contributed by atoms with Crippen molar-refractivity contribution in [1.82, 2.24) is 10.3 Å². The van der Waals surface area contributed by atoms with Gasteiger partial charge >= 0.3 is 0 Å². The first-order valence-corrected chi connectivity index (χ1v) is 6.09. The molecule has 0 spiro atoms. The molecule has 0 saturated carbocycles. The topological polar surface area (TPSA) is 24.9 Å². The molecule has 18 heavy (non-hydrogen) atoms. The zero-order valence-electron chi connectivity index (χ0n) is 11.7. The van der Waals surface area contributed by atoms with E-state index in [1.165, 1.54) is 5.56 Å². The molecule has 1 aromatic rings. The smallest absolute Gasteiger partial charge is 0.0297 e. The largest absolute Gasteiger partial charge is 0.319 e. The molecule has 0 amide bonds. The first kappa shape index (κ1) is 16.3. The fraction of sp³-hybridized carbons (Fsp3) is 0.312. The lowest BCUT2D eigenvalue weighted by molar-refractivity contribution is 0.795. The van der Waals surface area contributed by atoms with E-state index in [9.17, 15) is 0 Å². The fourth-order valence-corrected chi connectivity index (χ4v) is 1.08. The molecular weight excluding hydrogens is 220 g/mol. The van der Waals surface area contributed by atoms with E-state index in [2.05, 4.69) is 23.5 Å². The van der Waals surface area contributed by atoms with Crippen LogP contribution in [0.1, 0.15) is 18.9 Å². The normalized spacial score (nSPS) is 9.72. The van der Waals surface area contributed by atoms with Crippen molar-refractivity contribution < 1.29 is 0 Å². The number of hydrogen-bond acceptors (Lipinski definition) is 2. The summed E-state index contributed by atoms with van der Waals surface area (Å²) in [4.78, 5) is 3.88. The van der Waals surface area contributed by atoms with Gasteiger partial charge in [-0.1, -0.05) is 42.5 Å². The van der Waals surface area contributed by atoms with Crippen molar-refractivity contribution in [2.24, 2.45) is 0 Å². The Morgan fingerprint density at radius 1 is 1.39 bits per heavy atom. The predicted octanol–water partition coefficient (Wildman–Crippen LogP) is 3.67. The maximum atomic E-state index is 3.90. The van der Waals surface area contributed by atoms with Crippen molar-refractivity contribution >= 4 is 0 Å². The molecule has 0 saturated heterocycles. The number of aromatic nitrogens is 1. The number of nitrogens with one attached hydrogen (secondary N) is 1. The molecule has 0 aliphatic rings. The summed E-state index contributed by atoms with van der Waals surface area (Å²) in [5.74, 6) is 0. The Bertz CT molecular complexity index is 377. The second kappa shape index (κ2) is 10.5. The molecule has 0 atom stereocenters. The quantitative estimate of drug-likeness (QED) is 0.799. The van der Waals surface area contributed by atoms with Crippen molar-refractivity contribution in [3.63, 3.8) is 0 Å². The molecule has 2 nitrogen and oxygen atoms in total. The van der Waals surface area contributed by atoms with Gasteiger partial charge in [-0.05, 0) is 45.5 Å². The van der Waals surface area contributed by atoms with E-state index in [-0.39, 0.29) is 0 Å². The number of aryl methyl sites for hydroxylation is 1. The second-order valence-corrected chi connectivity index (χ2v) is 4.22. The lowest BCUT2D eigenvalue weighted by atomic mass is 10.2. The minimum Gasteiger partial charge on any atom is -0.319 e. The molecule has 0 radical (unpaired) electrons. The molecule has 98 valence electrons.